The van der Waals surface area contributed by atoms with E-state index >= 15 is 0 Å². The van der Waals surface area contributed by atoms with E-state index in [1.165, 1.54) is 12.4 Å². The van der Waals surface area contributed by atoms with E-state index in [1.54, 1.807) is 0 Å². The maximum Gasteiger partial charge on any atom is 0.344 e. The van der Waals surface area contributed by atoms with Gasteiger partial charge in [0.25, 0.3) is 0 Å². The van der Waals surface area contributed by atoms with E-state index in [1.807, 2.05) is 0 Å². The van der Waals surface area contributed by atoms with Crippen molar-refractivity contribution in [3.05, 3.63) is 28.4 Å². The molecule has 0 bridgehead atoms. The molecule has 0 aromatic carbocycles. The van der Waals surface area contributed by atoms with E-state index in [0.29, 0.717) is 5.56 Å². The molecule has 0 amide bonds. The normalized spacial score (nSPS) is 8.45. The highest BCUT2D eigenvalue weighted by Gasteiger charge is 1.84. The molecule has 0 aliphatic rings. The van der Waals surface area contributed by atoms with Crippen LogP contribution < -0.4 is 5.69 Å². The van der Waals surface area contributed by atoms with Gasteiger partial charge in [-0.2, -0.15) is 0 Å². The van der Waals surface area contributed by atoms with Crippen molar-refractivity contribution in [3.63, 3.8) is 0 Å². The van der Waals surface area contributed by atoms with Gasteiger partial charge in [-0.25, -0.2) is 9.78 Å². The predicted octanol–water partition coefficient (Wildman–Crippen LogP) is 0.360. The molecule has 0 saturated heterocycles. The molecule has 1 N–H and O–H groups in total. The maximum atomic E-state index is 10.5. The highest BCUT2D eigenvalue weighted by molar-refractivity contribution is 6.19. The minimum absolute atomic E-state index is 0.277. The van der Waals surface area contributed by atoms with Gasteiger partial charge in [0.1, 0.15) is 0 Å². The Bertz CT molecular complexity index is 327. The van der Waals surface area contributed by atoms with Gasteiger partial charge in [-0.05, 0) is 0 Å². The van der Waals surface area contributed by atoms with Gasteiger partial charge in [-0.1, -0.05) is 11.8 Å². The Hall–Kier alpha value is -1.27. The minimum atomic E-state index is -0.374. The van der Waals surface area contributed by atoms with Gasteiger partial charge in [-0.15, -0.1) is 11.6 Å². The Kier molecular flexibility index (Phi) is 2.70. The van der Waals surface area contributed by atoms with Gasteiger partial charge in [0.2, 0.25) is 0 Å². The summed E-state index contributed by atoms with van der Waals surface area (Å²) in [4.78, 5) is 16.3. The second-order valence-corrected chi connectivity index (χ2v) is 2.01. The summed E-state index contributed by atoms with van der Waals surface area (Å²) >= 11 is 5.32. The third-order valence-electron chi connectivity index (χ3n) is 0.972. The molecule has 1 aromatic rings. The Morgan fingerprint density at radius 2 is 2.55 bits per heavy atom. The van der Waals surface area contributed by atoms with Gasteiger partial charge in [0, 0.05) is 12.4 Å². The molecule has 0 spiro atoms. The number of aromatic amines is 1. The smallest absolute Gasteiger partial charge is 0.311 e. The number of hydrogen-bond acceptors (Lipinski definition) is 2. The summed E-state index contributed by atoms with van der Waals surface area (Å²) in [5.74, 6) is 5.62. The van der Waals surface area contributed by atoms with Gasteiger partial charge >= 0.3 is 5.69 Å². The lowest BCUT2D eigenvalue weighted by Gasteiger charge is -1.84. The number of aromatic nitrogens is 2. The van der Waals surface area contributed by atoms with Crippen LogP contribution in [0.15, 0.2) is 17.2 Å². The lowest BCUT2D eigenvalue weighted by Crippen LogP contribution is -2.07. The molecule has 0 aliphatic heterocycles. The highest BCUT2D eigenvalue weighted by Crippen LogP contribution is 1.85. The van der Waals surface area contributed by atoms with Crippen LogP contribution in [0.5, 0.6) is 0 Å². The summed E-state index contributed by atoms with van der Waals surface area (Å²) in [6.07, 6.45) is 2.90. The molecule has 0 saturated carbocycles. The number of rotatable bonds is 0. The van der Waals surface area contributed by atoms with Crippen molar-refractivity contribution in [1.29, 1.82) is 0 Å². The minimum Gasteiger partial charge on any atom is -0.311 e. The van der Waals surface area contributed by atoms with E-state index in [9.17, 15) is 4.79 Å². The Morgan fingerprint density at radius 1 is 1.73 bits per heavy atom. The summed E-state index contributed by atoms with van der Waals surface area (Å²) in [5, 5.41) is 0. The number of halogens is 1. The molecule has 0 atom stereocenters. The molecule has 4 heteroatoms. The fraction of sp³-hybridized carbons (Fsp3) is 0.143. The van der Waals surface area contributed by atoms with Crippen molar-refractivity contribution in [1.82, 2.24) is 9.97 Å². The summed E-state index contributed by atoms with van der Waals surface area (Å²) in [6.45, 7) is 0. The molecule has 1 rings (SSSR count). The number of nitrogens with zero attached hydrogens (tertiary/aromatic N) is 1. The number of alkyl halides is 1. The molecule has 0 aliphatic carbocycles. The lowest BCUT2D eigenvalue weighted by molar-refractivity contribution is 1.07. The van der Waals surface area contributed by atoms with Gasteiger partial charge in [0.05, 0.1) is 11.4 Å². The van der Waals surface area contributed by atoms with Crippen LogP contribution in [0.4, 0.5) is 0 Å². The first-order valence-corrected chi connectivity index (χ1v) is 3.46. The van der Waals surface area contributed by atoms with Gasteiger partial charge in [0.15, 0.2) is 0 Å². The van der Waals surface area contributed by atoms with Crippen molar-refractivity contribution in [2.75, 3.05) is 5.88 Å². The molecule has 0 unspecified atom stereocenters. The van der Waals surface area contributed by atoms with Crippen LogP contribution in [0.25, 0.3) is 0 Å². The van der Waals surface area contributed by atoms with E-state index in [0.717, 1.165) is 0 Å². The topological polar surface area (TPSA) is 45.8 Å². The molecular formula is C7H5ClN2O. The van der Waals surface area contributed by atoms with Gasteiger partial charge in [-0.3, -0.25) is 0 Å². The zero-order valence-corrected chi connectivity index (χ0v) is 6.35. The van der Waals surface area contributed by atoms with E-state index in [4.69, 9.17) is 11.6 Å². The van der Waals surface area contributed by atoms with Crippen LogP contribution in [-0.4, -0.2) is 15.8 Å². The first kappa shape index (κ1) is 7.83. The Labute approximate surface area is 68.4 Å². The fourth-order valence-corrected chi connectivity index (χ4v) is 0.613. The first-order valence-electron chi connectivity index (χ1n) is 2.92. The van der Waals surface area contributed by atoms with Crippen LogP contribution in [0.3, 0.4) is 0 Å². The monoisotopic (exact) mass is 168 g/mol. The van der Waals surface area contributed by atoms with Crippen LogP contribution in [0.1, 0.15) is 5.56 Å². The molecule has 0 fully saturated rings. The summed E-state index contributed by atoms with van der Waals surface area (Å²) in [7, 11) is 0. The largest absolute Gasteiger partial charge is 0.344 e. The predicted molar refractivity (Wildman–Crippen MR) is 42.5 cm³/mol. The molecule has 0 radical (unpaired) electrons. The zero-order valence-electron chi connectivity index (χ0n) is 5.60. The quantitative estimate of drug-likeness (QED) is 0.449. The van der Waals surface area contributed by atoms with Crippen LogP contribution >= 0.6 is 11.6 Å². The molecule has 3 nitrogen and oxygen atoms in total. The van der Waals surface area contributed by atoms with Crippen molar-refractivity contribution < 1.29 is 0 Å². The molecule has 1 aromatic heterocycles. The lowest BCUT2D eigenvalue weighted by atomic mass is 10.3. The third kappa shape index (κ3) is 2.44. The SMILES string of the molecule is O=c1ncc(C#CCCl)c[nH]1. The molecule has 1 heterocycles. The van der Waals surface area contributed by atoms with Crippen molar-refractivity contribution in [2.24, 2.45) is 0 Å². The molecule has 11 heavy (non-hydrogen) atoms. The number of H-pyrrole nitrogens is 1. The molecule has 56 valence electrons. The number of nitrogens with one attached hydrogen (secondary N) is 1. The standard InChI is InChI=1S/C7H5ClN2O/c8-3-1-2-6-4-9-7(11)10-5-6/h4-5H,3H2,(H,9,10,11). The average Bonchev–Trinajstić information content (AvgIpc) is 2.04. The first-order chi connectivity index (χ1) is 5.33. The van der Waals surface area contributed by atoms with Crippen LogP contribution in [-0.2, 0) is 0 Å². The van der Waals surface area contributed by atoms with Crippen LogP contribution in [0, 0.1) is 11.8 Å². The molecular weight excluding hydrogens is 164 g/mol. The second-order valence-electron chi connectivity index (χ2n) is 1.74. The van der Waals surface area contributed by atoms with E-state index < -0.39 is 0 Å². The van der Waals surface area contributed by atoms with Crippen LogP contribution in [0.2, 0.25) is 0 Å². The van der Waals surface area contributed by atoms with Crippen molar-refractivity contribution in [3.8, 4) is 11.8 Å². The second kappa shape index (κ2) is 3.79. The van der Waals surface area contributed by atoms with E-state index in [-0.39, 0.29) is 11.6 Å². The van der Waals surface area contributed by atoms with E-state index in [2.05, 4.69) is 21.8 Å². The van der Waals surface area contributed by atoms with Gasteiger partial charge < -0.3 is 4.98 Å². The Balaban J connectivity index is 2.90. The fourth-order valence-electron chi connectivity index (χ4n) is 0.546. The summed E-state index contributed by atoms with van der Waals surface area (Å²) in [6, 6.07) is 0. The third-order valence-corrected chi connectivity index (χ3v) is 1.11. The summed E-state index contributed by atoms with van der Waals surface area (Å²) in [5.41, 5.74) is 0.284. The average molecular weight is 169 g/mol. The van der Waals surface area contributed by atoms with Crippen molar-refractivity contribution >= 4 is 11.6 Å². The Morgan fingerprint density at radius 3 is 3.09 bits per heavy atom. The van der Waals surface area contributed by atoms with Crippen molar-refractivity contribution in [2.45, 2.75) is 0 Å². The highest BCUT2D eigenvalue weighted by atomic mass is 35.5. The maximum absolute atomic E-state index is 10.5. The number of hydrogen-bond donors (Lipinski definition) is 1. The summed E-state index contributed by atoms with van der Waals surface area (Å²) < 4.78 is 0. The zero-order chi connectivity index (χ0) is 8.10.